The first-order valence-electron chi connectivity index (χ1n) is 4.71. The fourth-order valence-electron chi connectivity index (χ4n) is 1.13. The van der Waals surface area contributed by atoms with Gasteiger partial charge in [0.15, 0.2) is 0 Å². The number of ether oxygens (including phenoxy) is 1. The van der Waals surface area contributed by atoms with Crippen LogP contribution in [0.2, 0.25) is 0 Å². The Labute approximate surface area is 101 Å². The monoisotopic (exact) mass is 250 g/mol. The molecule has 0 aliphatic heterocycles. The van der Waals surface area contributed by atoms with E-state index in [2.05, 4.69) is 4.74 Å². The Balaban J connectivity index is 3.03. The van der Waals surface area contributed by atoms with Gasteiger partial charge in [-0.2, -0.15) is 0 Å². The van der Waals surface area contributed by atoms with E-state index in [0.29, 0.717) is 6.08 Å². The largest absolute Gasteiger partial charge is 0.872 e. The minimum atomic E-state index is -1.17. The number of hydrogen-bond acceptors (Lipinski definition) is 6. The summed E-state index contributed by atoms with van der Waals surface area (Å²) in [7, 11) is 1.01. The Hall–Kier alpha value is -2.70. The summed E-state index contributed by atoms with van der Waals surface area (Å²) >= 11 is 0. The molecule has 0 radical (unpaired) electrons. The van der Waals surface area contributed by atoms with Crippen LogP contribution in [0.15, 0.2) is 30.3 Å². The van der Waals surface area contributed by atoms with E-state index in [1.807, 2.05) is 0 Å². The zero-order valence-electron chi connectivity index (χ0n) is 9.28. The lowest BCUT2D eigenvalue weighted by molar-refractivity contribution is -0.385. The third-order valence-corrected chi connectivity index (χ3v) is 1.99. The van der Waals surface area contributed by atoms with Crippen molar-refractivity contribution >= 4 is 23.2 Å². The molecule has 0 fully saturated rings. The van der Waals surface area contributed by atoms with Gasteiger partial charge in [-0.05, 0) is 11.6 Å². The average Bonchev–Trinajstić information content (AvgIpc) is 2.37. The summed E-state index contributed by atoms with van der Waals surface area (Å²) in [5.74, 6) is -3.09. The van der Waals surface area contributed by atoms with Crippen molar-refractivity contribution in [3.8, 4) is 0 Å². The van der Waals surface area contributed by atoms with E-state index in [-0.39, 0.29) is 11.3 Å². The second-order valence-electron chi connectivity index (χ2n) is 3.17. The first-order chi connectivity index (χ1) is 8.45. The molecule has 0 N–H and O–H groups in total. The molecule has 0 bridgehead atoms. The molecule has 0 atom stereocenters. The van der Waals surface area contributed by atoms with Crippen molar-refractivity contribution in [2.75, 3.05) is 7.11 Å². The molecule has 18 heavy (non-hydrogen) atoms. The van der Waals surface area contributed by atoms with Gasteiger partial charge in [-0.15, -0.1) is 0 Å². The SMILES string of the molecule is COC(=O)C(=O)/C=C(\[O-])c1cccc([N+](=O)[O-])c1. The Kier molecular flexibility index (Phi) is 4.14. The van der Waals surface area contributed by atoms with E-state index in [0.717, 1.165) is 13.2 Å². The molecular formula is C11H8NO6-. The number of benzene rings is 1. The predicted octanol–water partition coefficient (Wildman–Crippen LogP) is 0.0381. The second-order valence-corrected chi connectivity index (χ2v) is 3.17. The lowest BCUT2D eigenvalue weighted by Crippen LogP contribution is -2.15. The van der Waals surface area contributed by atoms with Crippen LogP contribution in [0.5, 0.6) is 0 Å². The van der Waals surface area contributed by atoms with Crippen LogP contribution in [0.3, 0.4) is 0 Å². The standard InChI is InChI=1S/C11H9NO6/c1-18-11(15)10(14)6-9(13)7-3-2-4-8(5-7)12(16)17/h2-6,13H,1H3/p-1/b9-6-. The lowest BCUT2D eigenvalue weighted by Gasteiger charge is -2.10. The molecule has 1 rings (SSSR count). The first kappa shape index (κ1) is 13.4. The maximum absolute atomic E-state index is 11.5. The summed E-state index contributed by atoms with van der Waals surface area (Å²) in [6, 6.07) is 4.83. The molecule has 0 aromatic heterocycles. The molecule has 0 unspecified atom stereocenters. The van der Waals surface area contributed by atoms with Gasteiger partial charge in [0.1, 0.15) is 0 Å². The topological polar surface area (TPSA) is 110 Å². The van der Waals surface area contributed by atoms with E-state index >= 15 is 0 Å². The van der Waals surface area contributed by atoms with Gasteiger partial charge in [0.2, 0.25) is 0 Å². The van der Waals surface area contributed by atoms with Crippen molar-refractivity contribution in [2.24, 2.45) is 0 Å². The summed E-state index contributed by atoms with van der Waals surface area (Å²) in [6.07, 6.45) is 0.533. The number of carbonyl (C=O) groups excluding carboxylic acids is 2. The number of hydrogen-bond donors (Lipinski definition) is 0. The van der Waals surface area contributed by atoms with E-state index in [4.69, 9.17) is 0 Å². The summed E-state index contributed by atoms with van der Waals surface area (Å²) < 4.78 is 4.13. The number of nitrogens with zero attached hydrogens (tertiary/aromatic N) is 1. The fraction of sp³-hybridized carbons (Fsp3) is 0.0909. The van der Waals surface area contributed by atoms with Crippen LogP contribution < -0.4 is 5.11 Å². The quantitative estimate of drug-likeness (QED) is 0.186. The van der Waals surface area contributed by atoms with Crippen molar-refractivity contribution in [1.82, 2.24) is 0 Å². The van der Waals surface area contributed by atoms with Crippen LogP contribution in [-0.2, 0) is 14.3 Å². The molecule has 0 amide bonds. The molecule has 1 aromatic carbocycles. The third-order valence-electron chi connectivity index (χ3n) is 1.99. The number of nitro groups is 1. The number of rotatable bonds is 4. The highest BCUT2D eigenvalue weighted by Gasteiger charge is 2.11. The molecule has 0 aliphatic carbocycles. The number of nitro benzene ring substituents is 1. The van der Waals surface area contributed by atoms with Gasteiger partial charge in [-0.1, -0.05) is 17.9 Å². The minimum Gasteiger partial charge on any atom is -0.872 e. The van der Waals surface area contributed by atoms with Gasteiger partial charge < -0.3 is 9.84 Å². The molecular weight excluding hydrogens is 242 g/mol. The molecule has 7 heteroatoms. The summed E-state index contributed by atoms with van der Waals surface area (Å²) in [4.78, 5) is 31.7. The third kappa shape index (κ3) is 3.14. The summed E-state index contributed by atoms with van der Waals surface area (Å²) in [5, 5.41) is 22.0. The predicted molar refractivity (Wildman–Crippen MR) is 58.1 cm³/mol. The normalized spacial score (nSPS) is 10.8. The molecule has 7 nitrogen and oxygen atoms in total. The molecule has 0 spiro atoms. The Bertz CT molecular complexity index is 534. The molecule has 0 saturated carbocycles. The van der Waals surface area contributed by atoms with E-state index in [9.17, 15) is 24.8 Å². The van der Waals surface area contributed by atoms with Crippen LogP contribution in [0.25, 0.3) is 5.76 Å². The van der Waals surface area contributed by atoms with Gasteiger partial charge in [0, 0.05) is 12.1 Å². The van der Waals surface area contributed by atoms with Crippen LogP contribution in [0.4, 0.5) is 5.69 Å². The highest BCUT2D eigenvalue weighted by atomic mass is 16.6. The van der Waals surface area contributed by atoms with Gasteiger partial charge >= 0.3 is 5.97 Å². The molecule has 94 valence electrons. The number of ketones is 1. The Morgan fingerprint density at radius 3 is 2.61 bits per heavy atom. The van der Waals surface area contributed by atoms with Gasteiger partial charge in [0.05, 0.1) is 12.0 Å². The van der Waals surface area contributed by atoms with Crippen LogP contribution in [0.1, 0.15) is 5.56 Å². The summed E-state index contributed by atoms with van der Waals surface area (Å²) in [6.45, 7) is 0. The minimum absolute atomic E-state index is 0.0542. The molecule has 0 heterocycles. The zero-order valence-corrected chi connectivity index (χ0v) is 9.28. The van der Waals surface area contributed by atoms with Crippen molar-refractivity contribution in [3.05, 3.63) is 46.0 Å². The Morgan fingerprint density at radius 2 is 2.06 bits per heavy atom. The lowest BCUT2D eigenvalue weighted by atomic mass is 10.1. The van der Waals surface area contributed by atoms with E-state index in [1.165, 1.54) is 18.2 Å². The highest BCUT2D eigenvalue weighted by molar-refractivity contribution is 6.39. The molecule has 0 saturated heterocycles. The van der Waals surface area contributed by atoms with Crippen molar-refractivity contribution in [3.63, 3.8) is 0 Å². The first-order valence-corrected chi connectivity index (χ1v) is 4.71. The highest BCUT2D eigenvalue weighted by Crippen LogP contribution is 2.16. The van der Waals surface area contributed by atoms with Gasteiger partial charge in [0.25, 0.3) is 11.5 Å². The summed E-state index contributed by atoms with van der Waals surface area (Å²) in [5.41, 5.74) is -0.332. The molecule has 0 aliphatic rings. The molecule has 1 aromatic rings. The number of esters is 1. The average molecular weight is 250 g/mol. The van der Waals surface area contributed by atoms with Crippen molar-refractivity contribution in [1.29, 1.82) is 0 Å². The fourth-order valence-corrected chi connectivity index (χ4v) is 1.13. The van der Waals surface area contributed by atoms with Crippen LogP contribution in [0, 0.1) is 10.1 Å². The maximum atomic E-state index is 11.5. The number of non-ortho nitro benzene ring substituents is 1. The van der Waals surface area contributed by atoms with E-state index in [1.54, 1.807) is 0 Å². The van der Waals surface area contributed by atoms with Crippen LogP contribution >= 0.6 is 0 Å². The smallest absolute Gasteiger partial charge is 0.378 e. The van der Waals surface area contributed by atoms with Crippen LogP contribution in [-0.4, -0.2) is 23.8 Å². The zero-order chi connectivity index (χ0) is 13.7. The van der Waals surface area contributed by atoms with Crippen molar-refractivity contribution < 1.29 is 24.4 Å². The number of methoxy groups -OCH3 is 1. The van der Waals surface area contributed by atoms with Crippen molar-refractivity contribution in [2.45, 2.75) is 0 Å². The maximum Gasteiger partial charge on any atom is 0.378 e. The van der Waals surface area contributed by atoms with Gasteiger partial charge in [-0.3, -0.25) is 14.9 Å². The van der Waals surface area contributed by atoms with Gasteiger partial charge in [-0.25, -0.2) is 4.79 Å². The second kappa shape index (κ2) is 5.58. The number of carbonyl (C=O) groups is 2. The van der Waals surface area contributed by atoms with E-state index < -0.39 is 22.4 Å². The Morgan fingerprint density at radius 1 is 1.39 bits per heavy atom.